The van der Waals surface area contributed by atoms with Crippen molar-refractivity contribution < 1.29 is 37.4 Å². The molecule has 0 bridgehead atoms. The number of piperazine rings is 1. The van der Waals surface area contributed by atoms with Crippen molar-refractivity contribution in [3.63, 3.8) is 0 Å². The van der Waals surface area contributed by atoms with Gasteiger partial charge < -0.3 is 29.9 Å². The van der Waals surface area contributed by atoms with Crippen LogP contribution in [0, 0.1) is 11.6 Å². The van der Waals surface area contributed by atoms with E-state index in [1.165, 1.54) is 26.7 Å². The number of cyclic esters (lactones) is 1. The molecule has 2 fully saturated rings. The number of alkyl carbamates (subject to hydrolysis) is 1. The van der Waals surface area contributed by atoms with E-state index in [-0.39, 0.29) is 75.3 Å². The van der Waals surface area contributed by atoms with Gasteiger partial charge >= 0.3 is 12.2 Å². The lowest BCUT2D eigenvalue weighted by atomic mass is 10.2. The van der Waals surface area contributed by atoms with Crippen molar-refractivity contribution in [2.75, 3.05) is 62.2 Å². The molecule has 0 saturated carbocycles. The summed E-state index contributed by atoms with van der Waals surface area (Å²) in [5.41, 5.74) is 0.295. The van der Waals surface area contributed by atoms with Gasteiger partial charge in [-0.25, -0.2) is 27.9 Å². The van der Waals surface area contributed by atoms with Crippen LogP contribution in [0.2, 0.25) is 0 Å². The largest absolute Gasteiger partial charge is 0.450 e. The second kappa shape index (κ2) is 12.2. The van der Waals surface area contributed by atoms with Gasteiger partial charge in [0.05, 0.1) is 38.1 Å². The van der Waals surface area contributed by atoms with Gasteiger partial charge in [-0.2, -0.15) is 5.10 Å². The van der Waals surface area contributed by atoms with Gasteiger partial charge in [0.1, 0.15) is 17.4 Å². The second-order valence-corrected chi connectivity index (χ2v) is 9.47. The number of nitrogens with zero attached hydrogens (tertiary/aromatic N) is 6. The minimum absolute atomic E-state index is 0.0191. The Labute approximate surface area is 238 Å². The van der Waals surface area contributed by atoms with Crippen LogP contribution in [0.1, 0.15) is 17.3 Å². The molecule has 16 heteroatoms. The van der Waals surface area contributed by atoms with Crippen LogP contribution in [0.15, 0.2) is 36.8 Å². The Morgan fingerprint density at radius 3 is 2.57 bits per heavy atom. The molecule has 4 heterocycles. The third-order valence-corrected chi connectivity index (χ3v) is 6.81. The number of hydrogen-bond donors (Lipinski definition) is 2. The molecular formula is C26H28F2N8O6. The number of carbonyl (C=O) groups is 4. The first-order valence-corrected chi connectivity index (χ1v) is 13.2. The van der Waals surface area contributed by atoms with Crippen LogP contribution < -0.4 is 20.4 Å². The van der Waals surface area contributed by atoms with Gasteiger partial charge in [0.15, 0.2) is 17.3 Å². The monoisotopic (exact) mass is 586 g/mol. The van der Waals surface area contributed by atoms with Gasteiger partial charge in [-0.15, -0.1) is 0 Å². The van der Waals surface area contributed by atoms with Crippen LogP contribution in [0.25, 0.3) is 5.65 Å². The van der Waals surface area contributed by atoms with Crippen molar-refractivity contribution in [3.05, 3.63) is 54.0 Å². The highest BCUT2D eigenvalue weighted by atomic mass is 19.1. The summed E-state index contributed by atoms with van der Waals surface area (Å²) in [5, 5.41) is 9.07. The molecule has 1 aromatic carbocycles. The minimum Gasteiger partial charge on any atom is -0.450 e. The van der Waals surface area contributed by atoms with Gasteiger partial charge in [-0.1, -0.05) is 0 Å². The van der Waals surface area contributed by atoms with Gasteiger partial charge in [0, 0.05) is 50.7 Å². The summed E-state index contributed by atoms with van der Waals surface area (Å²) in [6.45, 7) is 2.19. The fourth-order valence-corrected chi connectivity index (χ4v) is 4.76. The first-order valence-electron chi connectivity index (χ1n) is 13.2. The molecule has 14 nitrogen and oxygen atoms in total. The molecule has 2 aromatic heterocycles. The van der Waals surface area contributed by atoms with E-state index in [0.29, 0.717) is 5.65 Å². The predicted molar refractivity (Wildman–Crippen MR) is 143 cm³/mol. The molecule has 2 aliphatic heterocycles. The number of benzene rings is 1. The minimum atomic E-state index is -0.875. The molecular weight excluding hydrogens is 558 g/mol. The summed E-state index contributed by atoms with van der Waals surface area (Å²) in [5.74, 6) is -2.59. The SMILES string of the molecule is CCOC(=O)NC[C@H]1CN(c2cc(F)c(N3CCN(C(=O)CNC(=O)c4cnn5cccnc45)CC3)c(F)c2)C(=O)O1. The average Bonchev–Trinajstić information content (AvgIpc) is 3.58. The Bertz CT molecular complexity index is 1490. The van der Waals surface area contributed by atoms with Crippen LogP contribution in [-0.2, 0) is 14.3 Å². The van der Waals surface area contributed by atoms with E-state index in [2.05, 4.69) is 20.7 Å². The van der Waals surface area contributed by atoms with E-state index < -0.39 is 35.8 Å². The molecule has 1 atom stereocenters. The van der Waals surface area contributed by atoms with Crippen molar-refractivity contribution >= 4 is 41.0 Å². The van der Waals surface area contributed by atoms with Crippen molar-refractivity contribution in [2.45, 2.75) is 13.0 Å². The van der Waals surface area contributed by atoms with E-state index in [1.54, 1.807) is 19.2 Å². The van der Waals surface area contributed by atoms with Gasteiger partial charge in [0.2, 0.25) is 5.91 Å². The molecule has 0 aliphatic carbocycles. The first kappa shape index (κ1) is 28.5. The summed E-state index contributed by atoms with van der Waals surface area (Å²) in [4.78, 5) is 57.2. The van der Waals surface area contributed by atoms with Crippen molar-refractivity contribution in [2.24, 2.45) is 0 Å². The molecule has 2 aliphatic rings. The molecule has 0 radical (unpaired) electrons. The van der Waals surface area contributed by atoms with Crippen LogP contribution in [0.3, 0.4) is 0 Å². The predicted octanol–water partition coefficient (Wildman–Crippen LogP) is 1.16. The summed E-state index contributed by atoms with van der Waals surface area (Å²) >= 11 is 0. The van der Waals surface area contributed by atoms with E-state index in [0.717, 1.165) is 17.0 Å². The second-order valence-electron chi connectivity index (χ2n) is 9.47. The number of fused-ring (bicyclic) bond motifs is 1. The summed E-state index contributed by atoms with van der Waals surface area (Å²) in [6.07, 6.45) is 2.35. The molecule has 5 rings (SSSR count). The van der Waals surface area contributed by atoms with E-state index in [4.69, 9.17) is 9.47 Å². The number of rotatable bonds is 8. The number of halogens is 2. The number of aromatic nitrogens is 3. The summed E-state index contributed by atoms with van der Waals surface area (Å²) in [7, 11) is 0. The lowest BCUT2D eigenvalue weighted by Gasteiger charge is -2.36. The zero-order valence-electron chi connectivity index (χ0n) is 22.6. The highest BCUT2D eigenvalue weighted by Gasteiger charge is 2.34. The third kappa shape index (κ3) is 6.01. The maximum absolute atomic E-state index is 15.1. The van der Waals surface area contributed by atoms with Crippen LogP contribution >= 0.6 is 0 Å². The van der Waals surface area contributed by atoms with Gasteiger partial charge in [0.25, 0.3) is 5.91 Å². The third-order valence-electron chi connectivity index (χ3n) is 6.81. The number of carbonyl (C=O) groups excluding carboxylic acids is 4. The topological polar surface area (TPSA) is 151 Å². The number of ether oxygens (including phenoxy) is 2. The smallest absolute Gasteiger partial charge is 0.414 e. The Balaban J connectivity index is 1.14. The van der Waals surface area contributed by atoms with Gasteiger partial charge in [-0.3, -0.25) is 14.5 Å². The number of anilines is 2. The lowest BCUT2D eigenvalue weighted by Crippen LogP contribution is -2.51. The molecule has 0 unspecified atom stereocenters. The zero-order valence-corrected chi connectivity index (χ0v) is 22.6. The number of nitrogens with one attached hydrogen (secondary N) is 2. The maximum atomic E-state index is 15.1. The van der Waals surface area contributed by atoms with Gasteiger partial charge in [-0.05, 0) is 13.0 Å². The summed E-state index contributed by atoms with van der Waals surface area (Å²) in [6, 6.07) is 3.76. The maximum Gasteiger partial charge on any atom is 0.414 e. The Morgan fingerprint density at radius 1 is 1.12 bits per heavy atom. The molecule has 42 heavy (non-hydrogen) atoms. The zero-order chi connectivity index (χ0) is 29.8. The fourth-order valence-electron chi connectivity index (χ4n) is 4.76. The van der Waals surface area contributed by atoms with Crippen molar-refractivity contribution in [1.82, 2.24) is 30.1 Å². The Hall–Kier alpha value is -5.02. The van der Waals surface area contributed by atoms with Crippen molar-refractivity contribution in [3.8, 4) is 0 Å². The molecule has 3 aromatic rings. The highest BCUT2D eigenvalue weighted by molar-refractivity contribution is 6.01. The molecule has 0 spiro atoms. The fraction of sp³-hybridized carbons (Fsp3) is 0.385. The van der Waals surface area contributed by atoms with E-state index in [9.17, 15) is 19.2 Å². The normalized spacial score (nSPS) is 16.9. The standard InChI is InChI=1S/C26H28F2N8O6/c1-2-41-25(39)31-12-17-15-35(26(40)42-17)16-10-19(27)22(20(28)11-16)34-8-6-33(7-9-34)21(37)14-30-24(38)18-13-32-36-5-3-4-29-23(18)36/h3-5,10-11,13,17H,2,6-9,12,14-15H2,1H3,(H,30,38)(H,31,39)/t17-/m0/s1. The average molecular weight is 587 g/mol. The van der Waals surface area contributed by atoms with E-state index in [1.807, 2.05) is 0 Å². The van der Waals surface area contributed by atoms with Crippen LogP contribution in [-0.4, -0.2) is 102 Å². The van der Waals surface area contributed by atoms with E-state index >= 15 is 8.78 Å². The molecule has 4 amide bonds. The summed E-state index contributed by atoms with van der Waals surface area (Å²) < 4.78 is 41.7. The van der Waals surface area contributed by atoms with Crippen LogP contribution in [0.4, 0.5) is 29.7 Å². The first-order chi connectivity index (χ1) is 20.2. The highest BCUT2D eigenvalue weighted by Crippen LogP contribution is 2.31. The van der Waals surface area contributed by atoms with Crippen molar-refractivity contribution in [1.29, 1.82) is 0 Å². The number of hydrogen-bond acceptors (Lipinski definition) is 9. The molecule has 2 saturated heterocycles. The number of amides is 4. The molecule has 222 valence electrons. The van der Waals surface area contributed by atoms with Crippen LogP contribution in [0.5, 0.6) is 0 Å². The quantitative estimate of drug-likeness (QED) is 0.396. The Morgan fingerprint density at radius 2 is 1.86 bits per heavy atom. The Kier molecular flexibility index (Phi) is 8.31. The molecule has 2 N–H and O–H groups in total. The lowest BCUT2D eigenvalue weighted by molar-refractivity contribution is -0.130.